The maximum absolute atomic E-state index is 13.7. The zero-order chi connectivity index (χ0) is 21.5. The van der Waals surface area contributed by atoms with Gasteiger partial charge in [0.2, 0.25) is 0 Å². The van der Waals surface area contributed by atoms with Gasteiger partial charge in [0, 0.05) is 16.2 Å². The topological polar surface area (TPSA) is 53.2 Å². The number of hydrogen-bond donors (Lipinski definition) is 0. The second-order valence-electron chi connectivity index (χ2n) is 7.47. The summed E-state index contributed by atoms with van der Waals surface area (Å²) in [6.07, 6.45) is 0. The molecule has 0 saturated carbocycles. The minimum absolute atomic E-state index is 0.311. The van der Waals surface area contributed by atoms with Crippen LogP contribution in [0, 0.1) is 6.92 Å². The van der Waals surface area contributed by atoms with Crippen LogP contribution >= 0.6 is 11.3 Å². The van der Waals surface area contributed by atoms with E-state index in [2.05, 4.69) is 0 Å². The van der Waals surface area contributed by atoms with E-state index in [-0.39, 0.29) is 11.2 Å². The summed E-state index contributed by atoms with van der Waals surface area (Å²) in [5, 5.41) is 0.918. The average molecular weight is 429 g/mol. The van der Waals surface area contributed by atoms with Crippen LogP contribution in [-0.2, 0) is 6.54 Å². The van der Waals surface area contributed by atoms with Crippen molar-refractivity contribution in [2.75, 3.05) is 7.11 Å². The molecule has 5 nitrogen and oxygen atoms in total. The van der Waals surface area contributed by atoms with E-state index in [4.69, 9.17) is 4.74 Å². The molecule has 0 amide bonds. The van der Waals surface area contributed by atoms with Gasteiger partial charge in [-0.25, -0.2) is 9.36 Å². The first-order valence-corrected chi connectivity index (χ1v) is 10.8. The van der Waals surface area contributed by atoms with Crippen LogP contribution in [0.15, 0.2) is 82.4 Å². The standard InChI is InChI=1S/C25H20N2O3S/c1-16-10-12-17(13-11-16)15-26-22-20-8-3-4-9-21(20)31-23(22)24(28)27(25(26)29)18-6-5-7-19(14-18)30-2/h3-14H,15H2,1-2H3. The van der Waals surface area contributed by atoms with Gasteiger partial charge in [-0.1, -0.05) is 54.1 Å². The number of methoxy groups -OCH3 is 1. The fraction of sp³-hybridized carbons (Fsp3) is 0.120. The summed E-state index contributed by atoms with van der Waals surface area (Å²) >= 11 is 1.42. The highest BCUT2D eigenvalue weighted by atomic mass is 32.1. The van der Waals surface area contributed by atoms with Gasteiger partial charge in [-0.05, 0) is 30.7 Å². The van der Waals surface area contributed by atoms with E-state index in [0.717, 1.165) is 21.2 Å². The molecule has 0 aliphatic heterocycles. The molecule has 0 spiro atoms. The van der Waals surface area contributed by atoms with Crippen LogP contribution < -0.4 is 16.0 Å². The molecule has 0 N–H and O–H groups in total. The van der Waals surface area contributed by atoms with Gasteiger partial charge in [0.05, 0.1) is 24.9 Å². The first-order valence-electron chi connectivity index (χ1n) is 9.94. The van der Waals surface area contributed by atoms with E-state index < -0.39 is 0 Å². The predicted molar refractivity (Wildman–Crippen MR) is 126 cm³/mol. The Bertz CT molecular complexity index is 1540. The number of rotatable bonds is 4. The quantitative estimate of drug-likeness (QED) is 0.416. The smallest absolute Gasteiger partial charge is 0.336 e. The van der Waals surface area contributed by atoms with Crippen LogP contribution in [0.25, 0.3) is 26.0 Å². The van der Waals surface area contributed by atoms with Gasteiger partial charge < -0.3 is 4.74 Å². The third kappa shape index (κ3) is 3.25. The number of benzene rings is 3. The Hall–Kier alpha value is -3.64. The first-order chi connectivity index (χ1) is 15.1. The molecule has 0 radical (unpaired) electrons. The van der Waals surface area contributed by atoms with Crippen molar-refractivity contribution < 1.29 is 4.74 Å². The summed E-state index contributed by atoms with van der Waals surface area (Å²) in [6, 6.07) is 22.9. The normalized spacial score (nSPS) is 11.3. The molecule has 5 aromatic rings. The summed E-state index contributed by atoms with van der Waals surface area (Å²) in [5.41, 5.74) is 2.66. The van der Waals surface area contributed by atoms with Crippen LogP contribution in [0.4, 0.5) is 0 Å². The zero-order valence-corrected chi connectivity index (χ0v) is 18.0. The highest BCUT2D eigenvalue weighted by Crippen LogP contribution is 2.31. The second kappa shape index (κ2) is 7.56. The van der Waals surface area contributed by atoms with Crippen molar-refractivity contribution in [2.45, 2.75) is 13.5 Å². The highest BCUT2D eigenvalue weighted by Gasteiger charge is 2.19. The molecule has 0 bridgehead atoms. The maximum Gasteiger partial charge on any atom is 0.336 e. The van der Waals surface area contributed by atoms with Crippen LogP contribution in [-0.4, -0.2) is 16.2 Å². The number of hydrogen-bond acceptors (Lipinski definition) is 4. The SMILES string of the molecule is COc1cccc(-n2c(=O)c3sc4ccccc4c3n(Cc3ccc(C)cc3)c2=O)c1. The summed E-state index contributed by atoms with van der Waals surface area (Å²) in [5.74, 6) is 0.588. The van der Waals surface area contributed by atoms with Gasteiger partial charge in [0.1, 0.15) is 10.4 Å². The van der Waals surface area contributed by atoms with E-state index in [1.165, 1.54) is 15.9 Å². The number of ether oxygens (including phenoxy) is 1. The molecule has 0 fully saturated rings. The van der Waals surface area contributed by atoms with Crippen LogP contribution in [0.5, 0.6) is 5.75 Å². The average Bonchev–Trinajstić information content (AvgIpc) is 3.18. The molecular formula is C25H20N2O3S. The molecule has 0 unspecified atom stereocenters. The van der Waals surface area contributed by atoms with Gasteiger partial charge in [-0.2, -0.15) is 0 Å². The van der Waals surface area contributed by atoms with E-state index in [1.807, 2.05) is 55.5 Å². The molecular weight excluding hydrogens is 408 g/mol. The monoisotopic (exact) mass is 428 g/mol. The number of thiophene rings is 1. The predicted octanol–water partition coefficient (Wildman–Crippen LogP) is 4.73. The lowest BCUT2D eigenvalue weighted by Gasteiger charge is -2.13. The lowest BCUT2D eigenvalue weighted by molar-refractivity contribution is 0.414. The number of aryl methyl sites for hydroxylation is 1. The van der Waals surface area contributed by atoms with Gasteiger partial charge in [-0.15, -0.1) is 11.3 Å². The minimum Gasteiger partial charge on any atom is -0.497 e. The Kier molecular flexibility index (Phi) is 4.71. The fourth-order valence-corrected chi connectivity index (χ4v) is 4.99. The summed E-state index contributed by atoms with van der Waals surface area (Å²) in [4.78, 5) is 27.2. The second-order valence-corrected chi connectivity index (χ2v) is 8.52. The molecule has 154 valence electrons. The van der Waals surface area contributed by atoms with Crippen molar-refractivity contribution in [1.29, 1.82) is 0 Å². The summed E-state index contributed by atoms with van der Waals surface area (Å²) in [6.45, 7) is 2.41. The first kappa shape index (κ1) is 19.3. The highest BCUT2D eigenvalue weighted by molar-refractivity contribution is 7.25. The number of fused-ring (bicyclic) bond motifs is 3. The maximum atomic E-state index is 13.7. The molecule has 0 aliphatic carbocycles. The van der Waals surface area contributed by atoms with Crippen LogP contribution in [0.1, 0.15) is 11.1 Å². The largest absolute Gasteiger partial charge is 0.497 e. The van der Waals surface area contributed by atoms with Crippen LogP contribution in [0.3, 0.4) is 0 Å². The minimum atomic E-state index is -0.366. The fourth-order valence-electron chi connectivity index (χ4n) is 3.85. The Balaban J connectivity index is 1.87. The molecule has 0 atom stereocenters. The van der Waals surface area contributed by atoms with Gasteiger partial charge >= 0.3 is 5.69 Å². The van der Waals surface area contributed by atoms with Crippen molar-refractivity contribution in [2.24, 2.45) is 0 Å². The number of nitrogens with zero attached hydrogens (tertiary/aromatic N) is 2. The summed E-state index contributed by atoms with van der Waals surface area (Å²) in [7, 11) is 1.56. The van der Waals surface area contributed by atoms with Crippen LogP contribution in [0.2, 0.25) is 0 Å². The van der Waals surface area contributed by atoms with E-state index in [0.29, 0.717) is 28.2 Å². The van der Waals surface area contributed by atoms with Crippen molar-refractivity contribution in [3.63, 3.8) is 0 Å². The van der Waals surface area contributed by atoms with Crippen molar-refractivity contribution in [1.82, 2.24) is 9.13 Å². The number of aromatic nitrogens is 2. The molecule has 31 heavy (non-hydrogen) atoms. The third-order valence-electron chi connectivity index (χ3n) is 5.43. The molecule has 6 heteroatoms. The molecule has 2 aromatic heterocycles. The Morgan fingerprint density at radius 1 is 0.935 bits per heavy atom. The van der Waals surface area contributed by atoms with Gasteiger partial charge in [0.15, 0.2) is 0 Å². The van der Waals surface area contributed by atoms with Crippen molar-refractivity contribution >= 4 is 31.6 Å². The Morgan fingerprint density at radius 3 is 2.48 bits per heavy atom. The van der Waals surface area contributed by atoms with Gasteiger partial charge in [0.25, 0.3) is 5.56 Å². The van der Waals surface area contributed by atoms with Gasteiger partial charge in [-0.3, -0.25) is 9.36 Å². The van der Waals surface area contributed by atoms with E-state index in [1.54, 1.807) is 35.9 Å². The Morgan fingerprint density at radius 2 is 1.71 bits per heavy atom. The molecule has 0 aliphatic rings. The lowest BCUT2D eigenvalue weighted by atomic mass is 10.1. The Labute approximate surface area is 182 Å². The molecule has 0 saturated heterocycles. The van der Waals surface area contributed by atoms with E-state index in [9.17, 15) is 9.59 Å². The van der Waals surface area contributed by atoms with E-state index >= 15 is 0 Å². The molecule has 2 heterocycles. The molecule has 5 rings (SSSR count). The lowest BCUT2D eigenvalue weighted by Crippen LogP contribution is -2.38. The van der Waals surface area contributed by atoms with Crippen molar-refractivity contribution in [3.05, 3.63) is 105 Å². The third-order valence-corrected chi connectivity index (χ3v) is 6.58. The zero-order valence-electron chi connectivity index (χ0n) is 17.2. The summed E-state index contributed by atoms with van der Waals surface area (Å²) < 4.78 is 9.81. The molecule has 3 aromatic carbocycles. The van der Waals surface area contributed by atoms with Crippen molar-refractivity contribution in [3.8, 4) is 11.4 Å².